The molecule has 172 valence electrons. The number of nitro benzene ring substituents is 1. The van der Waals surface area contributed by atoms with Gasteiger partial charge in [-0.05, 0) is 57.2 Å². The van der Waals surface area contributed by atoms with E-state index < -0.39 is 40.3 Å². The minimum Gasteiger partial charge on any atom is -0.457 e. The molecule has 1 unspecified atom stereocenters. The van der Waals surface area contributed by atoms with E-state index in [-0.39, 0.29) is 17.8 Å². The molecule has 1 aliphatic heterocycles. The van der Waals surface area contributed by atoms with Gasteiger partial charge in [-0.15, -0.1) is 0 Å². The van der Waals surface area contributed by atoms with Crippen LogP contribution in [0.3, 0.4) is 0 Å². The van der Waals surface area contributed by atoms with Crippen molar-refractivity contribution in [1.82, 2.24) is 4.90 Å². The number of amides is 1. The van der Waals surface area contributed by atoms with Crippen LogP contribution < -0.4 is 0 Å². The molecule has 1 fully saturated rings. The minimum absolute atomic E-state index is 0.0940. The molecule has 2 aromatic rings. The standard InChI is InChI=1S/C16H20N2O6.C6H4F2/c1-16(2,3)24-15(20)17-9-8-13(10-17)23-14(19)11-4-6-12(7-5-11)18(21)22;7-5-1-2-6(8)4-3-5/h4-7,13H,8-10H2,1-3H3;1-4H. The third-order valence-electron chi connectivity index (χ3n) is 4.19. The van der Waals surface area contributed by atoms with E-state index in [0.29, 0.717) is 13.0 Å². The van der Waals surface area contributed by atoms with Crippen molar-refractivity contribution in [3.63, 3.8) is 0 Å². The zero-order valence-electron chi connectivity index (χ0n) is 17.9. The molecule has 8 nitrogen and oxygen atoms in total. The molecule has 0 spiro atoms. The number of likely N-dealkylation sites (tertiary alicyclic amines) is 1. The van der Waals surface area contributed by atoms with Crippen LogP contribution in [0.5, 0.6) is 0 Å². The molecule has 0 aliphatic carbocycles. The quantitative estimate of drug-likeness (QED) is 0.381. The first-order valence-electron chi connectivity index (χ1n) is 9.79. The number of benzene rings is 2. The van der Waals surface area contributed by atoms with Crippen molar-refractivity contribution in [2.75, 3.05) is 13.1 Å². The van der Waals surface area contributed by atoms with Gasteiger partial charge in [-0.1, -0.05) is 0 Å². The monoisotopic (exact) mass is 450 g/mol. The summed E-state index contributed by atoms with van der Waals surface area (Å²) >= 11 is 0. The molecule has 0 bridgehead atoms. The highest BCUT2D eigenvalue weighted by atomic mass is 19.1. The first-order chi connectivity index (χ1) is 14.9. The molecule has 0 saturated carbocycles. The van der Waals surface area contributed by atoms with Crippen LogP contribution in [0.2, 0.25) is 0 Å². The topological polar surface area (TPSA) is 99.0 Å². The van der Waals surface area contributed by atoms with Crippen LogP contribution in [0.4, 0.5) is 19.3 Å². The van der Waals surface area contributed by atoms with Gasteiger partial charge in [-0.25, -0.2) is 18.4 Å². The maximum atomic E-state index is 12.1. The summed E-state index contributed by atoms with van der Waals surface area (Å²) in [6.07, 6.45) is -0.325. The Kier molecular flexibility index (Phi) is 8.22. The maximum Gasteiger partial charge on any atom is 0.410 e. The number of ether oxygens (including phenoxy) is 2. The number of hydrogen-bond donors (Lipinski definition) is 0. The van der Waals surface area contributed by atoms with E-state index in [4.69, 9.17) is 9.47 Å². The second kappa shape index (κ2) is 10.7. The van der Waals surface area contributed by atoms with Crippen LogP contribution in [0.15, 0.2) is 48.5 Å². The van der Waals surface area contributed by atoms with Gasteiger partial charge in [0.2, 0.25) is 0 Å². The van der Waals surface area contributed by atoms with Crippen molar-refractivity contribution in [3.05, 3.63) is 75.8 Å². The third-order valence-corrected chi connectivity index (χ3v) is 4.19. The van der Waals surface area contributed by atoms with Crippen LogP contribution >= 0.6 is 0 Å². The molecule has 10 heteroatoms. The van der Waals surface area contributed by atoms with Crippen LogP contribution in [-0.4, -0.2) is 46.7 Å². The Bertz CT molecular complexity index is 921. The first-order valence-corrected chi connectivity index (χ1v) is 9.79. The smallest absolute Gasteiger partial charge is 0.410 e. The lowest BCUT2D eigenvalue weighted by molar-refractivity contribution is -0.384. The largest absolute Gasteiger partial charge is 0.457 e. The molecule has 0 N–H and O–H groups in total. The number of non-ortho nitro benzene ring substituents is 1. The van der Waals surface area contributed by atoms with Crippen molar-refractivity contribution in [1.29, 1.82) is 0 Å². The van der Waals surface area contributed by atoms with Crippen molar-refractivity contribution in [2.24, 2.45) is 0 Å². The Morgan fingerprint density at radius 2 is 1.56 bits per heavy atom. The van der Waals surface area contributed by atoms with E-state index in [1.807, 2.05) is 0 Å². The lowest BCUT2D eigenvalue weighted by Gasteiger charge is -2.24. The molecule has 1 heterocycles. The van der Waals surface area contributed by atoms with Gasteiger partial charge >= 0.3 is 12.1 Å². The molecule has 1 aliphatic rings. The normalized spacial score (nSPS) is 15.4. The Hall–Kier alpha value is -3.56. The average Bonchev–Trinajstić information content (AvgIpc) is 3.18. The summed E-state index contributed by atoms with van der Waals surface area (Å²) in [6.45, 7) is 6.08. The Morgan fingerprint density at radius 3 is 2.03 bits per heavy atom. The third kappa shape index (κ3) is 7.93. The van der Waals surface area contributed by atoms with Gasteiger partial charge in [-0.3, -0.25) is 10.1 Å². The summed E-state index contributed by atoms with van der Waals surface area (Å²) in [5, 5.41) is 10.6. The lowest BCUT2D eigenvalue weighted by atomic mass is 10.2. The van der Waals surface area contributed by atoms with E-state index in [2.05, 4.69) is 0 Å². The van der Waals surface area contributed by atoms with Crippen molar-refractivity contribution >= 4 is 17.7 Å². The second-order valence-corrected chi connectivity index (χ2v) is 7.98. The summed E-state index contributed by atoms with van der Waals surface area (Å²) < 4.78 is 34.5. The van der Waals surface area contributed by atoms with E-state index >= 15 is 0 Å². The number of esters is 1. The fourth-order valence-corrected chi connectivity index (χ4v) is 2.68. The van der Waals surface area contributed by atoms with E-state index in [1.54, 1.807) is 20.8 Å². The van der Waals surface area contributed by atoms with Gasteiger partial charge in [0.1, 0.15) is 23.3 Å². The number of rotatable bonds is 3. The summed E-state index contributed by atoms with van der Waals surface area (Å²) in [6, 6.07) is 9.51. The summed E-state index contributed by atoms with van der Waals surface area (Å²) in [4.78, 5) is 35.6. The van der Waals surface area contributed by atoms with Gasteiger partial charge in [0.25, 0.3) is 5.69 Å². The number of hydrogen-bond acceptors (Lipinski definition) is 6. The highest BCUT2D eigenvalue weighted by Gasteiger charge is 2.32. The Morgan fingerprint density at radius 1 is 1.03 bits per heavy atom. The maximum absolute atomic E-state index is 12.1. The lowest BCUT2D eigenvalue weighted by Crippen LogP contribution is -2.36. The molecule has 0 aromatic heterocycles. The molecular formula is C22H24F2N2O6. The van der Waals surface area contributed by atoms with E-state index in [0.717, 1.165) is 24.3 Å². The molecule has 1 amide bonds. The van der Waals surface area contributed by atoms with Gasteiger partial charge in [0.15, 0.2) is 0 Å². The zero-order valence-corrected chi connectivity index (χ0v) is 17.9. The van der Waals surface area contributed by atoms with Crippen molar-refractivity contribution in [3.8, 4) is 0 Å². The molecule has 3 rings (SSSR count). The van der Waals surface area contributed by atoms with E-state index in [1.165, 1.54) is 29.2 Å². The van der Waals surface area contributed by atoms with E-state index in [9.17, 15) is 28.5 Å². The van der Waals surface area contributed by atoms with Crippen molar-refractivity contribution < 1.29 is 32.8 Å². The number of carbonyl (C=O) groups is 2. The van der Waals surface area contributed by atoms with Gasteiger partial charge in [-0.2, -0.15) is 0 Å². The van der Waals surface area contributed by atoms with Gasteiger partial charge in [0, 0.05) is 25.1 Å². The highest BCUT2D eigenvalue weighted by Crippen LogP contribution is 2.19. The first kappa shape index (κ1) is 24.7. The van der Waals surface area contributed by atoms with Gasteiger partial charge < -0.3 is 14.4 Å². The predicted octanol–water partition coefficient (Wildman–Crippen LogP) is 4.73. The molecule has 1 atom stereocenters. The number of nitro groups is 1. The Labute approximate surface area is 183 Å². The summed E-state index contributed by atoms with van der Waals surface area (Å²) in [7, 11) is 0. The van der Waals surface area contributed by atoms with Crippen LogP contribution in [-0.2, 0) is 9.47 Å². The number of halogens is 2. The average molecular weight is 450 g/mol. The molecule has 0 radical (unpaired) electrons. The van der Waals surface area contributed by atoms with Crippen LogP contribution in [0.1, 0.15) is 37.6 Å². The number of nitrogens with zero attached hydrogens (tertiary/aromatic N) is 2. The molecule has 1 saturated heterocycles. The SMILES string of the molecule is CC(C)(C)OC(=O)N1CCC(OC(=O)c2ccc([N+](=O)[O-])cc2)C1.Fc1ccc(F)cc1. The number of carbonyl (C=O) groups excluding carboxylic acids is 2. The Balaban J connectivity index is 0.000000380. The minimum atomic E-state index is -0.579. The summed E-state index contributed by atoms with van der Waals surface area (Å²) in [5.74, 6) is -1.39. The van der Waals surface area contributed by atoms with Crippen molar-refractivity contribution in [2.45, 2.75) is 38.9 Å². The fourth-order valence-electron chi connectivity index (χ4n) is 2.68. The molecule has 2 aromatic carbocycles. The fraction of sp³-hybridized carbons (Fsp3) is 0.364. The second-order valence-electron chi connectivity index (χ2n) is 7.98. The van der Waals surface area contributed by atoms with Crippen LogP contribution in [0, 0.1) is 21.7 Å². The van der Waals surface area contributed by atoms with Crippen LogP contribution in [0.25, 0.3) is 0 Å². The zero-order chi connectivity index (χ0) is 23.9. The highest BCUT2D eigenvalue weighted by molar-refractivity contribution is 5.89. The van der Waals surface area contributed by atoms with Gasteiger partial charge in [0.05, 0.1) is 17.0 Å². The molecule has 32 heavy (non-hydrogen) atoms. The predicted molar refractivity (Wildman–Crippen MR) is 111 cm³/mol. The summed E-state index contributed by atoms with van der Waals surface area (Å²) in [5.41, 5.74) is -0.440. The molecular weight excluding hydrogens is 426 g/mol.